The van der Waals surface area contributed by atoms with E-state index in [9.17, 15) is 58.5 Å². The molecular weight excluding hydrogens is 644 g/mol. The molecule has 21 nitrogen and oxygen atoms in total. The second-order valence-corrected chi connectivity index (χ2v) is 11.2. The van der Waals surface area contributed by atoms with E-state index in [4.69, 9.17) is 22.3 Å². The Morgan fingerprint density at radius 2 is 1.00 bits per heavy atom. The standard InChI is InChI=1S/C27H46N8O13/c1-5-10(2)19(25(45)35-21(12(4)37)27(47)48)33-23(43)15(9-17(30)39)32-26(46)20(11(3)36)34-24(44)14(8-16(29)38)31-22(42)13(28)6-7-18(40)41/h10-15,19-21,36-37H,5-9,28H2,1-4H3,(H2,29,38)(H2,30,39)(H,31,42)(H,32,46)(H,33,43)(H,34,44)(H,35,45)(H,40,41)(H,47,48)/t10-,11+,12+,13-,14-,15-,19-,20-,21-/m0/s1. The molecule has 0 aromatic rings. The molecular formula is C27H46N8O13. The fourth-order valence-electron chi connectivity index (χ4n) is 4.02. The van der Waals surface area contributed by atoms with Crippen molar-refractivity contribution in [1.29, 1.82) is 0 Å². The van der Waals surface area contributed by atoms with Gasteiger partial charge in [0.05, 0.1) is 31.1 Å². The minimum Gasteiger partial charge on any atom is -0.481 e. The average Bonchev–Trinajstić information content (AvgIpc) is 2.97. The number of amides is 7. The Hall–Kier alpha value is -4.89. The highest BCUT2D eigenvalue weighted by atomic mass is 16.4. The number of aliphatic hydroxyl groups is 2. The molecule has 0 bridgehead atoms. The van der Waals surface area contributed by atoms with Gasteiger partial charge in [0.15, 0.2) is 6.04 Å². The van der Waals surface area contributed by atoms with E-state index in [1.54, 1.807) is 6.92 Å². The molecule has 0 saturated carbocycles. The molecule has 0 aromatic carbocycles. The van der Waals surface area contributed by atoms with Gasteiger partial charge >= 0.3 is 11.9 Å². The number of aliphatic carboxylic acids is 2. The quantitative estimate of drug-likeness (QED) is 0.0504. The third kappa shape index (κ3) is 15.1. The third-order valence-corrected chi connectivity index (χ3v) is 6.98. The summed E-state index contributed by atoms with van der Waals surface area (Å²) in [5.41, 5.74) is 16.0. The van der Waals surface area contributed by atoms with Gasteiger partial charge in [-0.05, 0) is 26.2 Å². The van der Waals surface area contributed by atoms with E-state index in [-0.39, 0.29) is 12.8 Å². The molecule has 0 fully saturated rings. The Labute approximate surface area is 275 Å². The summed E-state index contributed by atoms with van der Waals surface area (Å²) in [7, 11) is 0. The van der Waals surface area contributed by atoms with Gasteiger partial charge in [0.25, 0.3) is 0 Å². The molecule has 0 aliphatic carbocycles. The molecule has 0 unspecified atom stereocenters. The topological polar surface area (TPSA) is 373 Å². The Bertz CT molecular complexity index is 1210. The summed E-state index contributed by atoms with van der Waals surface area (Å²) in [4.78, 5) is 110. The zero-order valence-electron chi connectivity index (χ0n) is 26.9. The number of rotatable bonds is 22. The van der Waals surface area contributed by atoms with Crippen LogP contribution in [0.3, 0.4) is 0 Å². The van der Waals surface area contributed by atoms with Crippen LogP contribution in [0.4, 0.5) is 0 Å². The fraction of sp³-hybridized carbons (Fsp3) is 0.667. The fourth-order valence-corrected chi connectivity index (χ4v) is 4.02. The zero-order valence-corrected chi connectivity index (χ0v) is 26.9. The summed E-state index contributed by atoms with van der Waals surface area (Å²) in [6.45, 7) is 5.36. The van der Waals surface area contributed by atoms with Crippen LogP contribution in [0.1, 0.15) is 59.8 Å². The van der Waals surface area contributed by atoms with E-state index in [0.717, 1.165) is 13.8 Å². The van der Waals surface area contributed by atoms with Crippen molar-refractivity contribution < 1.29 is 63.6 Å². The van der Waals surface area contributed by atoms with Crippen molar-refractivity contribution in [2.24, 2.45) is 23.1 Å². The number of nitrogens with two attached hydrogens (primary N) is 3. The van der Waals surface area contributed by atoms with E-state index < -0.39 is 127 Å². The van der Waals surface area contributed by atoms with Crippen LogP contribution in [0.5, 0.6) is 0 Å². The number of hydrogen-bond donors (Lipinski definition) is 12. The molecule has 0 aromatic heterocycles. The largest absolute Gasteiger partial charge is 0.481 e. The number of carboxylic acid groups (broad SMARTS) is 2. The first-order valence-corrected chi connectivity index (χ1v) is 14.8. The number of carbonyl (C=O) groups is 9. The summed E-state index contributed by atoms with van der Waals surface area (Å²) in [6, 6.07) is -9.99. The molecule has 48 heavy (non-hydrogen) atoms. The predicted molar refractivity (Wildman–Crippen MR) is 163 cm³/mol. The highest BCUT2D eigenvalue weighted by Crippen LogP contribution is 2.11. The zero-order chi connectivity index (χ0) is 37.5. The van der Waals surface area contributed by atoms with Crippen molar-refractivity contribution in [3.63, 3.8) is 0 Å². The van der Waals surface area contributed by atoms with Crippen LogP contribution in [0, 0.1) is 5.92 Å². The van der Waals surface area contributed by atoms with Gasteiger partial charge in [-0.2, -0.15) is 0 Å². The predicted octanol–water partition coefficient (Wildman–Crippen LogP) is -5.75. The van der Waals surface area contributed by atoms with Gasteiger partial charge in [0, 0.05) is 6.42 Å². The normalized spacial score (nSPS) is 16.6. The molecule has 15 N–H and O–H groups in total. The number of primary amides is 2. The van der Waals surface area contributed by atoms with Gasteiger partial charge in [0.1, 0.15) is 24.2 Å². The molecule has 0 aliphatic rings. The van der Waals surface area contributed by atoms with Gasteiger partial charge in [-0.25, -0.2) is 4.79 Å². The van der Waals surface area contributed by atoms with Gasteiger partial charge in [-0.1, -0.05) is 20.3 Å². The minimum atomic E-state index is -1.88. The van der Waals surface area contributed by atoms with Crippen molar-refractivity contribution >= 4 is 53.3 Å². The molecule has 0 aliphatic heterocycles. The maximum absolute atomic E-state index is 13.3. The van der Waals surface area contributed by atoms with Crippen LogP contribution in [0.15, 0.2) is 0 Å². The lowest BCUT2D eigenvalue weighted by molar-refractivity contribution is -0.145. The SMILES string of the molecule is CC[C@H](C)[C@H](NC(=O)[C@H](CC(N)=O)NC(=O)[C@@H](NC(=O)[C@H](CC(N)=O)NC(=O)[C@@H](N)CCC(=O)O)[C@@H](C)O)C(=O)N[C@H](C(=O)O)[C@@H](C)O. The highest BCUT2D eigenvalue weighted by Gasteiger charge is 2.36. The number of nitrogens with one attached hydrogen (secondary N) is 5. The van der Waals surface area contributed by atoms with Crippen LogP contribution < -0.4 is 43.8 Å². The average molecular weight is 691 g/mol. The van der Waals surface area contributed by atoms with Crippen molar-refractivity contribution in [1.82, 2.24) is 26.6 Å². The number of hydrogen-bond acceptors (Lipinski definition) is 12. The van der Waals surface area contributed by atoms with Crippen LogP contribution in [0.2, 0.25) is 0 Å². The number of carbonyl (C=O) groups excluding carboxylic acids is 7. The molecule has 21 heteroatoms. The lowest BCUT2D eigenvalue weighted by atomic mass is 9.97. The molecule has 0 radical (unpaired) electrons. The maximum atomic E-state index is 13.3. The van der Waals surface area contributed by atoms with E-state index in [1.165, 1.54) is 6.92 Å². The second-order valence-electron chi connectivity index (χ2n) is 11.2. The summed E-state index contributed by atoms with van der Waals surface area (Å²) in [5.74, 6) is -11.3. The Balaban J connectivity index is 6.08. The first kappa shape index (κ1) is 43.1. The van der Waals surface area contributed by atoms with Gasteiger partial charge in [0.2, 0.25) is 41.4 Å². The van der Waals surface area contributed by atoms with E-state index >= 15 is 0 Å². The van der Waals surface area contributed by atoms with Crippen molar-refractivity contribution in [2.75, 3.05) is 0 Å². The van der Waals surface area contributed by atoms with Crippen molar-refractivity contribution in [3.05, 3.63) is 0 Å². The van der Waals surface area contributed by atoms with Crippen LogP contribution >= 0.6 is 0 Å². The highest BCUT2D eigenvalue weighted by molar-refractivity contribution is 5.98. The number of carboxylic acids is 2. The van der Waals surface area contributed by atoms with E-state index in [2.05, 4.69) is 26.6 Å². The van der Waals surface area contributed by atoms with Crippen molar-refractivity contribution in [2.45, 2.75) is 108 Å². The third-order valence-electron chi connectivity index (χ3n) is 6.98. The van der Waals surface area contributed by atoms with Crippen LogP contribution in [-0.2, 0) is 43.2 Å². The van der Waals surface area contributed by atoms with Gasteiger partial charge < -0.3 is 64.2 Å². The van der Waals surface area contributed by atoms with E-state index in [0.29, 0.717) is 0 Å². The molecule has 0 saturated heterocycles. The summed E-state index contributed by atoms with van der Waals surface area (Å²) >= 11 is 0. The molecule has 0 heterocycles. The smallest absolute Gasteiger partial charge is 0.328 e. The lowest BCUT2D eigenvalue weighted by Crippen LogP contribution is -2.62. The van der Waals surface area contributed by atoms with Crippen LogP contribution in [0.25, 0.3) is 0 Å². The van der Waals surface area contributed by atoms with Crippen LogP contribution in [-0.4, -0.2) is 122 Å². The maximum Gasteiger partial charge on any atom is 0.328 e. The molecule has 7 amide bonds. The Morgan fingerprint density at radius 3 is 1.38 bits per heavy atom. The minimum absolute atomic E-state index is 0.279. The van der Waals surface area contributed by atoms with Gasteiger partial charge in [-0.3, -0.25) is 38.4 Å². The molecule has 272 valence electrons. The first-order valence-electron chi connectivity index (χ1n) is 14.8. The molecule has 9 atom stereocenters. The summed E-state index contributed by atoms with van der Waals surface area (Å²) < 4.78 is 0. The Kier molecular flexibility index (Phi) is 18.3. The number of aliphatic hydroxyl groups excluding tert-OH is 2. The summed E-state index contributed by atoms with van der Waals surface area (Å²) in [5, 5.41) is 48.8. The Morgan fingerprint density at radius 1 is 0.604 bits per heavy atom. The first-order chi connectivity index (χ1) is 22.1. The van der Waals surface area contributed by atoms with E-state index in [1.807, 2.05) is 0 Å². The van der Waals surface area contributed by atoms with Crippen molar-refractivity contribution in [3.8, 4) is 0 Å². The second kappa shape index (κ2) is 20.4. The summed E-state index contributed by atoms with van der Waals surface area (Å²) in [6.07, 6.45) is -5.39. The lowest BCUT2D eigenvalue weighted by Gasteiger charge is -2.29. The molecule has 0 rings (SSSR count). The monoisotopic (exact) mass is 690 g/mol. The molecule has 0 spiro atoms. The van der Waals surface area contributed by atoms with Gasteiger partial charge in [-0.15, -0.1) is 0 Å².